The van der Waals surface area contributed by atoms with Crippen molar-refractivity contribution < 1.29 is 4.42 Å². The summed E-state index contributed by atoms with van der Waals surface area (Å²) in [6.45, 7) is 3.87. The second kappa shape index (κ2) is 4.86. The van der Waals surface area contributed by atoms with E-state index in [9.17, 15) is 0 Å². The number of halogens is 1. The maximum absolute atomic E-state index is 6.09. The summed E-state index contributed by atoms with van der Waals surface area (Å²) in [6.07, 6.45) is 2.58. The van der Waals surface area contributed by atoms with E-state index in [-0.39, 0.29) is 6.04 Å². The summed E-state index contributed by atoms with van der Waals surface area (Å²) >= 11 is 5.92. The molecule has 3 rings (SSSR count). The van der Waals surface area contributed by atoms with E-state index in [0.717, 1.165) is 25.1 Å². The van der Waals surface area contributed by atoms with Crippen LogP contribution in [0.3, 0.4) is 0 Å². The third kappa shape index (κ3) is 2.33. The Bertz CT molecular complexity index is 566. The second-order valence-corrected chi connectivity index (χ2v) is 5.31. The molecule has 0 bridgehead atoms. The molecule has 1 saturated heterocycles. The van der Waals surface area contributed by atoms with E-state index in [1.807, 2.05) is 0 Å². The third-order valence-electron chi connectivity index (χ3n) is 3.65. The van der Waals surface area contributed by atoms with Crippen molar-refractivity contribution in [3.05, 3.63) is 17.5 Å². The highest BCUT2D eigenvalue weighted by molar-refractivity contribution is 6.31. The van der Waals surface area contributed by atoms with Gasteiger partial charge in [-0.25, -0.2) is 0 Å². The predicted molar refractivity (Wildman–Crippen MR) is 73.1 cm³/mol. The van der Waals surface area contributed by atoms with Gasteiger partial charge in [0.1, 0.15) is 0 Å². The summed E-state index contributed by atoms with van der Waals surface area (Å²) in [4.78, 5) is 6.55. The zero-order chi connectivity index (χ0) is 13.4. The number of nitrogens with zero attached hydrogens (tertiary/aromatic N) is 3. The van der Waals surface area contributed by atoms with E-state index in [1.165, 1.54) is 6.26 Å². The van der Waals surface area contributed by atoms with Crippen molar-refractivity contribution in [1.82, 2.24) is 15.2 Å². The van der Waals surface area contributed by atoms with Gasteiger partial charge in [0, 0.05) is 19.1 Å². The van der Waals surface area contributed by atoms with Gasteiger partial charge in [-0.1, -0.05) is 6.92 Å². The molecule has 3 heterocycles. The van der Waals surface area contributed by atoms with Crippen LogP contribution in [0.15, 0.2) is 16.7 Å². The normalized spacial score (nSPS) is 23.8. The minimum absolute atomic E-state index is 0.160. The van der Waals surface area contributed by atoms with Gasteiger partial charge in [-0.05, 0) is 30.0 Å². The number of nitrogens with two attached hydrogens (primary N) is 1. The van der Waals surface area contributed by atoms with E-state index in [1.54, 1.807) is 6.07 Å². The highest BCUT2D eigenvalue weighted by atomic mass is 35.5. The molecule has 7 heteroatoms. The van der Waals surface area contributed by atoms with E-state index in [4.69, 9.17) is 21.8 Å². The van der Waals surface area contributed by atoms with E-state index in [0.29, 0.717) is 22.9 Å². The largest absolute Gasteiger partial charge is 0.452 e. The Hall–Kier alpha value is -1.53. The van der Waals surface area contributed by atoms with Crippen molar-refractivity contribution in [2.24, 2.45) is 11.7 Å². The lowest BCUT2D eigenvalue weighted by atomic mass is 9.95. The minimum Gasteiger partial charge on any atom is -0.452 e. The molecule has 0 aliphatic carbocycles. The van der Waals surface area contributed by atoms with Gasteiger partial charge in [0.25, 0.3) is 0 Å². The number of aromatic nitrogens is 3. The van der Waals surface area contributed by atoms with Crippen LogP contribution in [0.25, 0.3) is 11.4 Å². The molecule has 3 N–H and O–H groups in total. The van der Waals surface area contributed by atoms with Crippen LogP contribution in [-0.4, -0.2) is 34.3 Å². The predicted octanol–water partition coefficient (Wildman–Crippen LogP) is 1.89. The Morgan fingerprint density at radius 1 is 1.58 bits per heavy atom. The lowest BCUT2D eigenvalue weighted by Gasteiger charge is -2.34. The first kappa shape index (κ1) is 12.5. The van der Waals surface area contributed by atoms with Crippen LogP contribution in [0, 0.1) is 5.92 Å². The van der Waals surface area contributed by atoms with Crippen molar-refractivity contribution >= 4 is 17.5 Å². The van der Waals surface area contributed by atoms with Crippen molar-refractivity contribution in [3.8, 4) is 11.4 Å². The molecule has 0 spiro atoms. The van der Waals surface area contributed by atoms with Crippen LogP contribution in [-0.2, 0) is 0 Å². The Morgan fingerprint density at radius 2 is 2.42 bits per heavy atom. The average molecular weight is 282 g/mol. The van der Waals surface area contributed by atoms with E-state index in [2.05, 4.69) is 27.0 Å². The maximum atomic E-state index is 6.09. The van der Waals surface area contributed by atoms with Crippen molar-refractivity contribution in [3.63, 3.8) is 0 Å². The van der Waals surface area contributed by atoms with Gasteiger partial charge < -0.3 is 15.1 Å². The molecule has 0 saturated carbocycles. The number of aromatic amines is 1. The minimum atomic E-state index is 0.160. The van der Waals surface area contributed by atoms with Crippen LogP contribution < -0.4 is 10.6 Å². The molecule has 1 aliphatic rings. The molecule has 2 unspecified atom stereocenters. The summed E-state index contributed by atoms with van der Waals surface area (Å²) in [5.74, 6) is 1.81. The van der Waals surface area contributed by atoms with Crippen LogP contribution in [0.4, 0.5) is 5.95 Å². The summed E-state index contributed by atoms with van der Waals surface area (Å²) in [6, 6.07) is 1.92. The lowest BCUT2D eigenvalue weighted by molar-refractivity contribution is 0.376. The number of rotatable bonds is 2. The molecule has 0 amide bonds. The van der Waals surface area contributed by atoms with Gasteiger partial charge in [-0.15, -0.1) is 5.10 Å². The smallest absolute Gasteiger partial charge is 0.245 e. The van der Waals surface area contributed by atoms with Crippen LogP contribution in [0.5, 0.6) is 0 Å². The second-order valence-electron chi connectivity index (χ2n) is 4.97. The molecule has 1 fully saturated rings. The fraction of sp³-hybridized carbons (Fsp3) is 0.500. The maximum Gasteiger partial charge on any atom is 0.245 e. The van der Waals surface area contributed by atoms with Crippen molar-refractivity contribution in [2.45, 2.75) is 19.4 Å². The molecular formula is C12H16ClN5O. The molecule has 1 aliphatic heterocycles. The zero-order valence-electron chi connectivity index (χ0n) is 10.6. The number of furan rings is 1. The molecule has 0 radical (unpaired) electrons. The Labute approximate surface area is 115 Å². The molecule has 2 atom stereocenters. The van der Waals surface area contributed by atoms with Gasteiger partial charge in [0.15, 0.2) is 5.82 Å². The van der Waals surface area contributed by atoms with Gasteiger partial charge in [-0.2, -0.15) is 4.98 Å². The quantitative estimate of drug-likeness (QED) is 0.878. The van der Waals surface area contributed by atoms with Gasteiger partial charge >= 0.3 is 0 Å². The summed E-state index contributed by atoms with van der Waals surface area (Å²) in [5, 5.41) is 7.43. The van der Waals surface area contributed by atoms with E-state index >= 15 is 0 Å². The molecule has 6 nitrogen and oxygen atoms in total. The first-order valence-electron chi connectivity index (χ1n) is 6.31. The number of piperidine rings is 1. The molecule has 102 valence electrons. The number of H-pyrrole nitrogens is 1. The monoisotopic (exact) mass is 281 g/mol. The summed E-state index contributed by atoms with van der Waals surface area (Å²) in [5.41, 5.74) is 6.81. The lowest BCUT2D eigenvalue weighted by Crippen LogP contribution is -2.48. The van der Waals surface area contributed by atoms with Gasteiger partial charge in [-0.3, -0.25) is 5.10 Å². The fourth-order valence-electron chi connectivity index (χ4n) is 2.26. The first-order valence-corrected chi connectivity index (χ1v) is 6.69. The average Bonchev–Trinajstić information content (AvgIpc) is 3.01. The molecule has 2 aromatic rings. The molecule has 2 aromatic heterocycles. The van der Waals surface area contributed by atoms with Crippen molar-refractivity contribution in [1.29, 1.82) is 0 Å². The van der Waals surface area contributed by atoms with Crippen molar-refractivity contribution in [2.75, 3.05) is 18.0 Å². The molecular weight excluding hydrogens is 266 g/mol. The van der Waals surface area contributed by atoms with E-state index < -0.39 is 0 Å². The number of nitrogens with one attached hydrogen (secondary N) is 1. The van der Waals surface area contributed by atoms with Crippen LogP contribution in [0.2, 0.25) is 5.22 Å². The molecule has 19 heavy (non-hydrogen) atoms. The Balaban J connectivity index is 1.80. The number of anilines is 1. The summed E-state index contributed by atoms with van der Waals surface area (Å²) in [7, 11) is 0. The van der Waals surface area contributed by atoms with Crippen LogP contribution >= 0.6 is 11.6 Å². The molecule has 0 aromatic carbocycles. The highest BCUT2D eigenvalue weighted by Gasteiger charge is 2.25. The van der Waals surface area contributed by atoms with Gasteiger partial charge in [0.05, 0.1) is 11.8 Å². The standard InChI is InChI=1S/C12H16ClN5O/c1-7-2-4-18(6-9(7)14)12-15-11(16-17-12)8-3-5-19-10(8)13/h3,5,7,9H,2,4,6,14H2,1H3,(H,15,16,17). The number of hydrogen-bond donors (Lipinski definition) is 2. The fourth-order valence-corrected chi connectivity index (χ4v) is 2.46. The Kier molecular flexibility index (Phi) is 3.20. The van der Waals surface area contributed by atoms with Gasteiger partial charge in [0.2, 0.25) is 11.2 Å². The zero-order valence-corrected chi connectivity index (χ0v) is 11.4. The first-order chi connectivity index (χ1) is 9.15. The SMILES string of the molecule is CC1CCN(c2n[nH]c(-c3ccoc3Cl)n2)CC1N. The highest BCUT2D eigenvalue weighted by Crippen LogP contribution is 2.27. The van der Waals surface area contributed by atoms with Crippen LogP contribution in [0.1, 0.15) is 13.3 Å². The third-order valence-corrected chi connectivity index (χ3v) is 3.94. The summed E-state index contributed by atoms with van der Waals surface area (Å²) < 4.78 is 5.05. The topological polar surface area (TPSA) is 84.0 Å². The number of hydrogen-bond acceptors (Lipinski definition) is 5. The Morgan fingerprint density at radius 3 is 3.11 bits per heavy atom.